The SMILES string of the molecule is CC(O)CC(C)(C)CNC(C)CC(=O)Nc1ccccc1C(C)C. The molecular weight excluding hydrogens is 300 g/mol. The smallest absolute Gasteiger partial charge is 0.225 e. The molecule has 136 valence electrons. The fourth-order valence-electron chi connectivity index (χ4n) is 2.99. The van der Waals surface area contributed by atoms with Crippen LogP contribution in [0.2, 0.25) is 0 Å². The van der Waals surface area contributed by atoms with Crippen LogP contribution < -0.4 is 10.6 Å². The maximum absolute atomic E-state index is 12.3. The van der Waals surface area contributed by atoms with E-state index in [4.69, 9.17) is 0 Å². The number of hydrogen-bond donors (Lipinski definition) is 3. The molecule has 24 heavy (non-hydrogen) atoms. The second-order valence-electron chi connectivity index (χ2n) is 7.99. The van der Waals surface area contributed by atoms with Crippen molar-refractivity contribution < 1.29 is 9.90 Å². The minimum absolute atomic E-state index is 0.00312. The van der Waals surface area contributed by atoms with Crippen molar-refractivity contribution in [2.24, 2.45) is 5.41 Å². The van der Waals surface area contributed by atoms with E-state index in [0.717, 1.165) is 24.2 Å². The summed E-state index contributed by atoms with van der Waals surface area (Å²) in [5.74, 6) is 0.398. The molecule has 2 unspecified atom stereocenters. The number of rotatable bonds is 9. The van der Waals surface area contributed by atoms with Gasteiger partial charge in [-0.3, -0.25) is 4.79 Å². The molecule has 4 heteroatoms. The van der Waals surface area contributed by atoms with E-state index in [9.17, 15) is 9.90 Å². The Kier molecular flexibility index (Phi) is 7.91. The molecule has 0 saturated heterocycles. The molecule has 1 aromatic rings. The van der Waals surface area contributed by atoms with E-state index in [1.807, 2.05) is 32.0 Å². The number of benzene rings is 1. The number of para-hydroxylation sites is 1. The van der Waals surface area contributed by atoms with Crippen LogP contribution in [0.5, 0.6) is 0 Å². The molecular formula is C20H34N2O2. The van der Waals surface area contributed by atoms with Gasteiger partial charge in [0.2, 0.25) is 5.91 Å². The highest BCUT2D eigenvalue weighted by Gasteiger charge is 2.21. The van der Waals surface area contributed by atoms with E-state index in [1.165, 1.54) is 0 Å². The molecule has 1 aromatic carbocycles. The average Bonchev–Trinajstić information content (AvgIpc) is 2.44. The van der Waals surface area contributed by atoms with E-state index >= 15 is 0 Å². The Hall–Kier alpha value is -1.39. The minimum Gasteiger partial charge on any atom is -0.393 e. The molecule has 0 aliphatic heterocycles. The Morgan fingerprint density at radius 2 is 1.79 bits per heavy atom. The lowest BCUT2D eigenvalue weighted by molar-refractivity contribution is -0.116. The van der Waals surface area contributed by atoms with Gasteiger partial charge in [-0.2, -0.15) is 0 Å². The van der Waals surface area contributed by atoms with E-state index in [2.05, 4.69) is 44.4 Å². The average molecular weight is 335 g/mol. The van der Waals surface area contributed by atoms with Crippen LogP contribution in [0.15, 0.2) is 24.3 Å². The zero-order chi connectivity index (χ0) is 18.3. The molecule has 0 saturated carbocycles. The second-order valence-corrected chi connectivity index (χ2v) is 7.99. The second kappa shape index (κ2) is 9.19. The number of aliphatic hydroxyl groups excluding tert-OH is 1. The van der Waals surface area contributed by atoms with E-state index < -0.39 is 0 Å². The van der Waals surface area contributed by atoms with Crippen molar-refractivity contribution >= 4 is 11.6 Å². The molecule has 3 N–H and O–H groups in total. The molecule has 0 bridgehead atoms. The summed E-state index contributed by atoms with van der Waals surface area (Å²) in [6, 6.07) is 8.04. The number of carbonyl (C=O) groups is 1. The molecule has 2 atom stereocenters. The maximum atomic E-state index is 12.3. The molecule has 1 amide bonds. The number of carbonyl (C=O) groups excluding carboxylic acids is 1. The third-order valence-corrected chi connectivity index (χ3v) is 4.13. The highest BCUT2D eigenvalue weighted by atomic mass is 16.3. The van der Waals surface area contributed by atoms with Gasteiger partial charge >= 0.3 is 0 Å². The summed E-state index contributed by atoms with van der Waals surface area (Å²) in [5.41, 5.74) is 2.06. The molecule has 1 rings (SSSR count). The van der Waals surface area contributed by atoms with Gasteiger partial charge in [-0.25, -0.2) is 0 Å². The number of hydrogen-bond acceptors (Lipinski definition) is 3. The minimum atomic E-state index is -0.312. The standard InChI is InChI=1S/C20H34N2O2/c1-14(2)17-9-7-8-10-18(17)22-19(24)11-15(3)21-13-20(5,6)12-16(4)23/h7-10,14-16,21,23H,11-13H2,1-6H3,(H,22,24). The van der Waals surface area contributed by atoms with Gasteiger partial charge < -0.3 is 15.7 Å². The van der Waals surface area contributed by atoms with Gasteiger partial charge in [-0.1, -0.05) is 45.9 Å². The molecule has 0 aliphatic rings. The Morgan fingerprint density at radius 3 is 2.38 bits per heavy atom. The van der Waals surface area contributed by atoms with Crippen molar-refractivity contribution in [3.63, 3.8) is 0 Å². The quantitative estimate of drug-likeness (QED) is 0.641. The van der Waals surface area contributed by atoms with Crippen molar-refractivity contribution in [1.82, 2.24) is 5.32 Å². The van der Waals surface area contributed by atoms with Crippen LogP contribution in [0.4, 0.5) is 5.69 Å². The van der Waals surface area contributed by atoms with E-state index in [1.54, 1.807) is 0 Å². The van der Waals surface area contributed by atoms with Crippen LogP contribution in [0.25, 0.3) is 0 Å². The molecule has 0 spiro atoms. The van der Waals surface area contributed by atoms with Crippen molar-refractivity contribution in [3.8, 4) is 0 Å². The van der Waals surface area contributed by atoms with Crippen LogP contribution >= 0.6 is 0 Å². The van der Waals surface area contributed by atoms with Gasteiger partial charge in [0.1, 0.15) is 0 Å². The number of anilines is 1. The maximum Gasteiger partial charge on any atom is 0.225 e. The lowest BCUT2D eigenvalue weighted by atomic mass is 9.86. The highest BCUT2D eigenvalue weighted by Crippen LogP contribution is 2.24. The van der Waals surface area contributed by atoms with Crippen LogP contribution in [0, 0.1) is 5.41 Å². The predicted octanol–water partition coefficient (Wildman–Crippen LogP) is 3.91. The summed E-state index contributed by atoms with van der Waals surface area (Å²) >= 11 is 0. The van der Waals surface area contributed by atoms with Gasteiger partial charge in [-0.15, -0.1) is 0 Å². The fourth-order valence-corrected chi connectivity index (χ4v) is 2.99. The number of amides is 1. The predicted molar refractivity (Wildman–Crippen MR) is 101 cm³/mol. The number of nitrogens with one attached hydrogen (secondary N) is 2. The summed E-state index contributed by atoms with van der Waals surface area (Å²) in [5, 5.41) is 16.0. The van der Waals surface area contributed by atoms with Crippen LogP contribution in [0.3, 0.4) is 0 Å². The summed E-state index contributed by atoms with van der Waals surface area (Å²) < 4.78 is 0. The van der Waals surface area contributed by atoms with Gasteiger partial charge in [0.05, 0.1) is 6.10 Å². The Morgan fingerprint density at radius 1 is 1.17 bits per heavy atom. The largest absolute Gasteiger partial charge is 0.393 e. The van der Waals surface area contributed by atoms with Gasteiger partial charge in [0, 0.05) is 24.7 Å². The van der Waals surface area contributed by atoms with Gasteiger partial charge in [-0.05, 0) is 43.2 Å². The summed E-state index contributed by atoms with van der Waals surface area (Å²) in [6.45, 7) is 13.1. The first-order valence-corrected chi connectivity index (χ1v) is 8.91. The van der Waals surface area contributed by atoms with Crippen molar-refractivity contribution in [3.05, 3.63) is 29.8 Å². The first kappa shape index (κ1) is 20.7. The topological polar surface area (TPSA) is 61.4 Å². The molecule has 0 aromatic heterocycles. The van der Waals surface area contributed by atoms with Gasteiger partial charge in [0.25, 0.3) is 0 Å². The first-order chi connectivity index (χ1) is 11.1. The summed E-state index contributed by atoms with van der Waals surface area (Å²) in [7, 11) is 0. The lowest BCUT2D eigenvalue weighted by Crippen LogP contribution is -2.38. The molecule has 0 radical (unpaired) electrons. The van der Waals surface area contributed by atoms with Crippen LogP contribution in [0.1, 0.15) is 65.9 Å². The summed E-state index contributed by atoms with van der Waals surface area (Å²) in [4.78, 5) is 12.3. The molecule has 4 nitrogen and oxygen atoms in total. The zero-order valence-electron chi connectivity index (χ0n) is 16.0. The molecule has 0 fully saturated rings. The Bertz CT molecular complexity index is 524. The normalized spacial score (nSPS) is 14.5. The fraction of sp³-hybridized carbons (Fsp3) is 0.650. The molecule has 0 aliphatic carbocycles. The summed E-state index contributed by atoms with van der Waals surface area (Å²) in [6.07, 6.45) is 0.852. The van der Waals surface area contributed by atoms with Gasteiger partial charge in [0.15, 0.2) is 0 Å². The van der Waals surface area contributed by atoms with Crippen LogP contribution in [-0.2, 0) is 4.79 Å². The first-order valence-electron chi connectivity index (χ1n) is 8.91. The third-order valence-electron chi connectivity index (χ3n) is 4.13. The van der Waals surface area contributed by atoms with Crippen LogP contribution in [-0.4, -0.2) is 29.7 Å². The highest BCUT2D eigenvalue weighted by molar-refractivity contribution is 5.91. The monoisotopic (exact) mass is 334 g/mol. The van der Waals surface area contributed by atoms with Crippen molar-refractivity contribution in [1.29, 1.82) is 0 Å². The third kappa shape index (κ3) is 7.45. The zero-order valence-corrected chi connectivity index (χ0v) is 16.0. The lowest BCUT2D eigenvalue weighted by Gasteiger charge is -2.28. The number of aliphatic hydroxyl groups is 1. The molecule has 0 heterocycles. The van der Waals surface area contributed by atoms with Crippen molar-refractivity contribution in [2.45, 2.75) is 72.4 Å². The Balaban J connectivity index is 2.51. The van der Waals surface area contributed by atoms with E-state index in [-0.39, 0.29) is 23.5 Å². The Labute approximate surface area is 147 Å². The van der Waals surface area contributed by atoms with E-state index in [0.29, 0.717) is 12.3 Å². The van der Waals surface area contributed by atoms with Crippen molar-refractivity contribution in [2.75, 3.05) is 11.9 Å².